The zero-order valence-electron chi connectivity index (χ0n) is 21.8. The highest BCUT2D eigenvalue weighted by molar-refractivity contribution is 5.97. The predicted octanol–water partition coefficient (Wildman–Crippen LogP) is 4.93. The number of carbonyl (C=O) groups excluding carboxylic acids is 2. The maximum Gasteiger partial charge on any atom is 0.254 e. The zero-order chi connectivity index (χ0) is 26.0. The average Bonchev–Trinajstić information content (AvgIpc) is 3.25. The fourth-order valence-corrected chi connectivity index (χ4v) is 4.76. The van der Waals surface area contributed by atoms with Crippen LogP contribution in [-0.4, -0.2) is 63.8 Å². The van der Waals surface area contributed by atoms with Crippen molar-refractivity contribution in [3.05, 3.63) is 59.2 Å². The minimum atomic E-state index is -0.401. The fourth-order valence-electron chi connectivity index (χ4n) is 4.76. The summed E-state index contributed by atoms with van der Waals surface area (Å²) in [5.41, 5.74) is 3.51. The SMILES string of the molecule is CC(=O)N1CCCN(C(C)C)CCN(C(=O)c2ccc3nc(C(C)C)[nH]c3c2)Cc2ccc(F)cc21. The third-order valence-corrected chi connectivity index (χ3v) is 6.88. The van der Waals surface area contributed by atoms with Gasteiger partial charge in [-0.15, -0.1) is 0 Å². The number of fused-ring (bicyclic) bond motifs is 2. The van der Waals surface area contributed by atoms with Crippen molar-refractivity contribution in [2.45, 2.75) is 59.5 Å². The Hall–Kier alpha value is -3.26. The third-order valence-electron chi connectivity index (χ3n) is 6.88. The summed E-state index contributed by atoms with van der Waals surface area (Å²) in [5, 5.41) is 0. The van der Waals surface area contributed by atoms with Crippen LogP contribution in [0.3, 0.4) is 0 Å². The summed E-state index contributed by atoms with van der Waals surface area (Å²) >= 11 is 0. The van der Waals surface area contributed by atoms with Gasteiger partial charge in [-0.1, -0.05) is 19.9 Å². The molecule has 8 heteroatoms. The molecular formula is C28H36FN5O2. The van der Waals surface area contributed by atoms with Gasteiger partial charge in [-0.3, -0.25) is 14.5 Å². The largest absolute Gasteiger partial charge is 0.342 e. The van der Waals surface area contributed by atoms with Gasteiger partial charge in [-0.25, -0.2) is 9.37 Å². The van der Waals surface area contributed by atoms with Gasteiger partial charge in [0.05, 0.1) is 16.7 Å². The highest BCUT2D eigenvalue weighted by atomic mass is 19.1. The summed E-state index contributed by atoms with van der Waals surface area (Å²) < 4.78 is 14.3. The Bertz CT molecular complexity index is 1250. The summed E-state index contributed by atoms with van der Waals surface area (Å²) in [4.78, 5) is 40.1. The lowest BCUT2D eigenvalue weighted by Gasteiger charge is -2.30. The highest BCUT2D eigenvalue weighted by Gasteiger charge is 2.24. The number of carbonyl (C=O) groups is 2. The van der Waals surface area contributed by atoms with Crippen molar-refractivity contribution in [3.63, 3.8) is 0 Å². The molecule has 0 bridgehead atoms. The van der Waals surface area contributed by atoms with Crippen LogP contribution in [0.5, 0.6) is 0 Å². The Kier molecular flexibility index (Phi) is 7.73. The highest BCUT2D eigenvalue weighted by Crippen LogP contribution is 2.26. The second-order valence-electron chi connectivity index (χ2n) is 10.2. The number of benzene rings is 2. The van der Waals surface area contributed by atoms with Gasteiger partial charge in [0.2, 0.25) is 5.91 Å². The van der Waals surface area contributed by atoms with Crippen molar-refractivity contribution in [2.24, 2.45) is 0 Å². The van der Waals surface area contributed by atoms with Crippen molar-refractivity contribution in [1.29, 1.82) is 0 Å². The Labute approximate surface area is 212 Å². The van der Waals surface area contributed by atoms with Crippen molar-refractivity contribution < 1.29 is 14.0 Å². The first kappa shape index (κ1) is 25.8. The maximum atomic E-state index is 14.3. The smallest absolute Gasteiger partial charge is 0.254 e. The van der Waals surface area contributed by atoms with Gasteiger partial charge in [0.15, 0.2) is 0 Å². The number of aromatic nitrogens is 2. The number of nitrogens with zero attached hydrogens (tertiary/aromatic N) is 4. The first-order chi connectivity index (χ1) is 17.1. The lowest BCUT2D eigenvalue weighted by Crippen LogP contribution is -2.41. The van der Waals surface area contributed by atoms with Gasteiger partial charge >= 0.3 is 0 Å². The first-order valence-corrected chi connectivity index (χ1v) is 12.7. The first-order valence-electron chi connectivity index (χ1n) is 12.7. The minimum Gasteiger partial charge on any atom is -0.342 e. The topological polar surface area (TPSA) is 72.5 Å². The molecule has 2 amide bonds. The Balaban J connectivity index is 1.73. The summed E-state index contributed by atoms with van der Waals surface area (Å²) in [7, 11) is 0. The van der Waals surface area contributed by atoms with Crippen LogP contribution in [-0.2, 0) is 11.3 Å². The molecule has 4 rings (SSSR count). The van der Waals surface area contributed by atoms with Crippen molar-refractivity contribution in [3.8, 4) is 0 Å². The van der Waals surface area contributed by atoms with Crippen LogP contribution in [0.25, 0.3) is 11.0 Å². The van der Waals surface area contributed by atoms with E-state index >= 15 is 0 Å². The molecule has 0 saturated carbocycles. The van der Waals surface area contributed by atoms with E-state index in [4.69, 9.17) is 0 Å². The van der Waals surface area contributed by atoms with Crippen LogP contribution in [0.2, 0.25) is 0 Å². The number of nitrogens with one attached hydrogen (secondary N) is 1. The Morgan fingerprint density at radius 3 is 2.47 bits per heavy atom. The van der Waals surface area contributed by atoms with Crippen LogP contribution in [0, 0.1) is 5.82 Å². The van der Waals surface area contributed by atoms with E-state index in [2.05, 4.69) is 42.6 Å². The van der Waals surface area contributed by atoms with E-state index in [-0.39, 0.29) is 24.3 Å². The monoisotopic (exact) mass is 493 g/mol. The van der Waals surface area contributed by atoms with E-state index in [1.807, 2.05) is 18.2 Å². The van der Waals surface area contributed by atoms with Crippen LogP contribution < -0.4 is 4.90 Å². The number of aromatic amines is 1. The van der Waals surface area contributed by atoms with Crippen molar-refractivity contribution in [1.82, 2.24) is 19.8 Å². The van der Waals surface area contributed by atoms with Crippen LogP contribution in [0.15, 0.2) is 36.4 Å². The van der Waals surface area contributed by atoms with E-state index in [0.29, 0.717) is 36.9 Å². The summed E-state index contributed by atoms with van der Waals surface area (Å²) in [6, 6.07) is 10.3. The Morgan fingerprint density at radius 1 is 1.00 bits per heavy atom. The summed E-state index contributed by atoms with van der Waals surface area (Å²) in [6.07, 6.45) is 0.760. The molecule has 0 radical (unpaired) electrons. The Morgan fingerprint density at radius 2 is 1.78 bits per heavy atom. The van der Waals surface area contributed by atoms with E-state index in [9.17, 15) is 14.0 Å². The second kappa shape index (κ2) is 10.8. The molecule has 3 aromatic rings. The van der Waals surface area contributed by atoms with Gasteiger partial charge < -0.3 is 14.8 Å². The molecule has 0 fully saturated rings. The average molecular weight is 494 g/mol. The molecule has 0 atom stereocenters. The minimum absolute atomic E-state index is 0.106. The number of hydrogen-bond donors (Lipinski definition) is 1. The lowest BCUT2D eigenvalue weighted by molar-refractivity contribution is -0.116. The number of amides is 2. The maximum absolute atomic E-state index is 14.3. The predicted molar refractivity (Wildman–Crippen MR) is 141 cm³/mol. The molecule has 192 valence electrons. The molecule has 1 N–H and O–H groups in total. The van der Waals surface area contributed by atoms with Gasteiger partial charge in [-0.05, 0) is 56.2 Å². The lowest BCUT2D eigenvalue weighted by atomic mass is 10.1. The number of anilines is 1. The number of H-pyrrole nitrogens is 1. The van der Waals surface area contributed by atoms with Crippen molar-refractivity contribution in [2.75, 3.05) is 31.1 Å². The quantitative estimate of drug-likeness (QED) is 0.561. The van der Waals surface area contributed by atoms with Crippen LogP contribution in [0.4, 0.5) is 10.1 Å². The molecule has 0 unspecified atom stereocenters. The molecule has 2 heterocycles. The van der Waals surface area contributed by atoms with Gasteiger partial charge in [0.1, 0.15) is 11.6 Å². The standard InChI is InChI=1S/C28H36FN5O2/c1-18(2)27-30-24-10-8-21(15-25(24)31-27)28(36)33-14-13-32(19(3)4)11-6-12-34(20(5)35)26-16-23(29)9-7-22(26)17-33/h7-10,15-16,18-19H,6,11-14,17H2,1-5H3,(H,30,31). The molecule has 7 nitrogen and oxygen atoms in total. The van der Waals surface area contributed by atoms with Crippen LogP contribution >= 0.6 is 0 Å². The molecule has 36 heavy (non-hydrogen) atoms. The van der Waals surface area contributed by atoms with E-state index in [1.54, 1.807) is 15.9 Å². The van der Waals surface area contributed by atoms with E-state index in [1.165, 1.54) is 19.1 Å². The molecule has 1 aromatic heterocycles. The molecule has 0 saturated heterocycles. The molecule has 1 aliphatic rings. The molecule has 1 aliphatic heterocycles. The number of hydrogen-bond acceptors (Lipinski definition) is 4. The molecule has 2 aromatic carbocycles. The number of imidazole rings is 1. The summed E-state index contributed by atoms with van der Waals surface area (Å²) in [6.45, 7) is 12.7. The third kappa shape index (κ3) is 5.59. The van der Waals surface area contributed by atoms with E-state index < -0.39 is 5.82 Å². The van der Waals surface area contributed by atoms with Gasteiger partial charge in [-0.2, -0.15) is 0 Å². The fraction of sp³-hybridized carbons (Fsp3) is 0.464. The van der Waals surface area contributed by atoms with Gasteiger partial charge in [0.25, 0.3) is 5.91 Å². The summed E-state index contributed by atoms with van der Waals surface area (Å²) in [5.74, 6) is 0.497. The van der Waals surface area contributed by atoms with Gasteiger partial charge in [0, 0.05) is 57.2 Å². The molecule has 0 aliphatic carbocycles. The van der Waals surface area contributed by atoms with Crippen LogP contribution in [0.1, 0.15) is 68.7 Å². The normalized spacial score (nSPS) is 15.9. The molecular weight excluding hydrogens is 457 g/mol. The number of halogens is 1. The molecule has 0 spiro atoms. The van der Waals surface area contributed by atoms with E-state index in [0.717, 1.165) is 35.4 Å². The second-order valence-corrected chi connectivity index (χ2v) is 10.2. The number of rotatable bonds is 3. The van der Waals surface area contributed by atoms with Crippen molar-refractivity contribution >= 4 is 28.5 Å². The zero-order valence-corrected chi connectivity index (χ0v) is 21.8.